The fourth-order valence-corrected chi connectivity index (χ4v) is 2.27. The minimum Gasteiger partial charge on any atom is -0.478 e. The molecule has 1 atom stereocenters. The number of aromatic carboxylic acids is 1. The Balaban J connectivity index is 2.08. The number of hydrogen-bond donors (Lipinski definition) is 3. The van der Waals surface area contributed by atoms with Crippen molar-refractivity contribution in [3.05, 3.63) is 28.8 Å². The van der Waals surface area contributed by atoms with Crippen LogP contribution in [0.2, 0.25) is 0 Å². The summed E-state index contributed by atoms with van der Waals surface area (Å²) in [5.41, 5.74) is 8.19. The van der Waals surface area contributed by atoms with Crippen LogP contribution in [-0.4, -0.2) is 23.0 Å². The third-order valence-electron chi connectivity index (χ3n) is 3.83. The maximum atomic E-state index is 11.9. The number of carboxylic acids is 1. The van der Waals surface area contributed by atoms with Crippen LogP contribution in [0.3, 0.4) is 0 Å². The molecule has 1 aromatic rings. The van der Waals surface area contributed by atoms with Crippen LogP contribution >= 0.6 is 0 Å². The van der Waals surface area contributed by atoms with Crippen LogP contribution in [0.5, 0.6) is 0 Å². The molecular weight excluding hydrogens is 256 g/mol. The van der Waals surface area contributed by atoms with Crippen LogP contribution < -0.4 is 11.1 Å². The summed E-state index contributed by atoms with van der Waals surface area (Å²) < 4.78 is 0. The van der Waals surface area contributed by atoms with Crippen molar-refractivity contribution in [3.8, 4) is 0 Å². The molecule has 1 unspecified atom stereocenters. The largest absolute Gasteiger partial charge is 0.478 e. The summed E-state index contributed by atoms with van der Waals surface area (Å²) in [6, 6.07) is 3.17. The molecule has 2 rings (SSSR count). The third kappa shape index (κ3) is 3.36. The van der Waals surface area contributed by atoms with Gasteiger partial charge in [0.05, 0.1) is 5.56 Å². The molecule has 1 aromatic carbocycles. The lowest BCUT2D eigenvalue weighted by Gasteiger charge is -2.13. The zero-order valence-electron chi connectivity index (χ0n) is 11.8. The van der Waals surface area contributed by atoms with E-state index in [-0.39, 0.29) is 23.9 Å². The lowest BCUT2D eigenvalue weighted by Crippen LogP contribution is -2.28. The van der Waals surface area contributed by atoms with Gasteiger partial charge in [0.1, 0.15) is 0 Å². The predicted molar refractivity (Wildman–Crippen MR) is 76.8 cm³/mol. The van der Waals surface area contributed by atoms with E-state index in [0.29, 0.717) is 17.2 Å². The number of carboxylic acid groups (broad SMARTS) is 1. The van der Waals surface area contributed by atoms with Gasteiger partial charge in [0.2, 0.25) is 5.91 Å². The fraction of sp³-hybridized carbons (Fsp3) is 0.467. The first kappa shape index (κ1) is 14.5. The number of nitrogens with two attached hydrogens (primary N) is 1. The van der Waals surface area contributed by atoms with Gasteiger partial charge >= 0.3 is 5.97 Å². The van der Waals surface area contributed by atoms with Crippen molar-refractivity contribution in [2.45, 2.75) is 39.2 Å². The molecule has 0 spiro atoms. The first-order chi connectivity index (χ1) is 9.38. The molecule has 0 radical (unpaired) electrons. The van der Waals surface area contributed by atoms with Crippen LogP contribution in [-0.2, 0) is 4.79 Å². The molecule has 0 aliphatic heterocycles. The number of anilines is 1. The van der Waals surface area contributed by atoms with Crippen LogP contribution in [0.4, 0.5) is 5.69 Å². The summed E-state index contributed by atoms with van der Waals surface area (Å²) in [6.07, 6.45) is 2.47. The topological polar surface area (TPSA) is 92.4 Å². The van der Waals surface area contributed by atoms with E-state index in [9.17, 15) is 9.59 Å². The molecular formula is C15H20N2O3. The fourth-order valence-electron chi connectivity index (χ4n) is 2.27. The van der Waals surface area contributed by atoms with E-state index in [1.54, 1.807) is 13.0 Å². The summed E-state index contributed by atoms with van der Waals surface area (Å²) in [5, 5.41) is 11.9. The van der Waals surface area contributed by atoms with E-state index < -0.39 is 5.97 Å². The summed E-state index contributed by atoms with van der Waals surface area (Å²) in [7, 11) is 0. The standard InChI is InChI=1S/C15H20N2O3/c1-8-5-11(6-12(9(8)2)15(19)20)17-14(18)7-13(16)10-3-4-10/h5-6,10,13H,3-4,7,16H2,1-2H3,(H,17,18)(H,19,20). The molecule has 4 N–H and O–H groups in total. The second kappa shape index (κ2) is 5.63. The second-order valence-corrected chi connectivity index (χ2v) is 5.52. The number of nitrogens with one attached hydrogen (secondary N) is 1. The number of aryl methyl sites for hydroxylation is 1. The van der Waals surface area contributed by atoms with Crippen molar-refractivity contribution in [3.63, 3.8) is 0 Å². The Bertz CT molecular complexity index is 550. The molecule has 5 nitrogen and oxygen atoms in total. The van der Waals surface area contributed by atoms with Crippen LogP contribution in [0.25, 0.3) is 0 Å². The average molecular weight is 276 g/mol. The van der Waals surface area contributed by atoms with Crippen LogP contribution in [0.15, 0.2) is 12.1 Å². The molecule has 0 bridgehead atoms. The van der Waals surface area contributed by atoms with Crippen molar-refractivity contribution in [1.29, 1.82) is 0 Å². The van der Waals surface area contributed by atoms with Crippen molar-refractivity contribution < 1.29 is 14.7 Å². The molecule has 1 amide bonds. The molecule has 1 aliphatic rings. The quantitative estimate of drug-likeness (QED) is 0.767. The highest BCUT2D eigenvalue weighted by molar-refractivity contribution is 5.95. The molecule has 0 aromatic heterocycles. The number of amides is 1. The molecule has 5 heteroatoms. The summed E-state index contributed by atoms with van der Waals surface area (Å²) in [4.78, 5) is 23.0. The van der Waals surface area contributed by atoms with Gasteiger partial charge in [0, 0.05) is 18.2 Å². The molecule has 1 saturated carbocycles. The van der Waals surface area contributed by atoms with Gasteiger partial charge in [-0.25, -0.2) is 4.79 Å². The predicted octanol–water partition coefficient (Wildman–Crippen LogP) is 2.07. The second-order valence-electron chi connectivity index (χ2n) is 5.52. The normalized spacial score (nSPS) is 15.8. The van der Waals surface area contributed by atoms with Crippen molar-refractivity contribution in [2.24, 2.45) is 11.7 Å². The van der Waals surface area contributed by atoms with Gasteiger partial charge < -0.3 is 16.2 Å². The first-order valence-corrected chi connectivity index (χ1v) is 6.78. The Labute approximate surface area is 118 Å². The van der Waals surface area contributed by atoms with Gasteiger partial charge in [0.25, 0.3) is 0 Å². The van der Waals surface area contributed by atoms with E-state index in [1.165, 1.54) is 6.07 Å². The highest BCUT2D eigenvalue weighted by Crippen LogP contribution is 2.33. The third-order valence-corrected chi connectivity index (χ3v) is 3.83. The maximum Gasteiger partial charge on any atom is 0.336 e. The number of rotatable bonds is 5. The zero-order valence-corrected chi connectivity index (χ0v) is 11.8. The van der Waals surface area contributed by atoms with Gasteiger partial charge in [-0.2, -0.15) is 0 Å². The average Bonchev–Trinajstić information content (AvgIpc) is 3.16. The van der Waals surface area contributed by atoms with Gasteiger partial charge in [-0.15, -0.1) is 0 Å². The zero-order chi connectivity index (χ0) is 14.9. The van der Waals surface area contributed by atoms with Crippen molar-refractivity contribution in [1.82, 2.24) is 0 Å². The smallest absolute Gasteiger partial charge is 0.336 e. The van der Waals surface area contributed by atoms with E-state index in [1.807, 2.05) is 6.92 Å². The summed E-state index contributed by atoms with van der Waals surface area (Å²) >= 11 is 0. The van der Waals surface area contributed by atoms with Crippen LogP contribution in [0.1, 0.15) is 40.7 Å². The first-order valence-electron chi connectivity index (χ1n) is 6.78. The Kier molecular flexibility index (Phi) is 4.09. The van der Waals surface area contributed by atoms with E-state index in [0.717, 1.165) is 18.4 Å². The molecule has 1 aliphatic carbocycles. The summed E-state index contributed by atoms with van der Waals surface area (Å²) in [6.45, 7) is 3.58. The van der Waals surface area contributed by atoms with E-state index in [2.05, 4.69) is 5.32 Å². The highest BCUT2D eigenvalue weighted by Gasteiger charge is 2.29. The van der Waals surface area contributed by atoms with Gasteiger partial charge in [-0.05, 0) is 55.9 Å². The Morgan fingerprint density at radius 1 is 1.40 bits per heavy atom. The minimum absolute atomic E-state index is 0.0968. The number of carbonyl (C=O) groups excluding carboxylic acids is 1. The molecule has 1 fully saturated rings. The van der Waals surface area contributed by atoms with Crippen LogP contribution in [0, 0.1) is 19.8 Å². The molecule has 108 valence electrons. The van der Waals surface area contributed by atoms with Crippen molar-refractivity contribution in [2.75, 3.05) is 5.32 Å². The monoisotopic (exact) mass is 276 g/mol. The molecule has 0 heterocycles. The number of hydrogen-bond acceptors (Lipinski definition) is 3. The minimum atomic E-state index is -0.989. The van der Waals surface area contributed by atoms with Gasteiger partial charge in [0.15, 0.2) is 0 Å². The number of benzene rings is 1. The Morgan fingerprint density at radius 2 is 2.05 bits per heavy atom. The highest BCUT2D eigenvalue weighted by atomic mass is 16.4. The van der Waals surface area contributed by atoms with Gasteiger partial charge in [-0.3, -0.25) is 4.79 Å². The maximum absolute atomic E-state index is 11.9. The van der Waals surface area contributed by atoms with E-state index >= 15 is 0 Å². The lowest BCUT2D eigenvalue weighted by atomic mass is 10.0. The van der Waals surface area contributed by atoms with Gasteiger partial charge in [-0.1, -0.05) is 0 Å². The number of carbonyl (C=O) groups is 2. The summed E-state index contributed by atoms with van der Waals surface area (Å²) in [5.74, 6) is -0.685. The Morgan fingerprint density at radius 3 is 2.60 bits per heavy atom. The molecule has 20 heavy (non-hydrogen) atoms. The van der Waals surface area contributed by atoms with Crippen molar-refractivity contribution >= 4 is 17.6 Å². The SMILES string of the molecule is Cc1cc(NC(=O)CC(N)C2CC2)cc(C(=O)O)c1C. The Hall–Kier alpha value is -1.88. The lowest BCUT2D eigenvalue weighted by molar-refractivity contribution is -0.116. The van der Waals surface area contributed by atoms with E-state index in [4.69, 9.17) is 10.8 Å². The molecule has 0 saturated heterocycles.